The minimum Gasteiger partial charge on any atom is -0.461 e. The Balaban J connectivity index is 0.000000275. The summed E-state index contributed by atoms with van der Waals surface area (Å²) in [7, 11) is 6.33. The molecule has 7 rings (SSSR count). The maximum absolute atomic E-state index is 15.3. The van der Waals surface area contributed by atoms with Gasteiger partial charge < -0.3 is 42.6 Å². The summed E-state index contributed by atoms with van der Waals surface area (Å²) in [5, 5.41) is 1.23. The van der Waals surface area contributed by atoms with Gasteiger partial charge in [-0.3, -0.25) is 9.63 Å². The van der Waals surface area contributed by atoms with Crippen LogP contribution in [0, 0.1) is 11.8 Å². The largest absolute Gasteiger partial charge is 0.461 e. The minimum absolute atomic E-state index is 0.0157. The topological polar surface area (TPSA) is 130 Å². The zero-order chi connectivity index (χ0) is 53.0. The molecule has 1 amide bonds. The molecule has 3 heterocycles. The number of nitrogens with zero attached hydrogens (tertiary/aromatic N) is 1. The van der Waals surface area contributed by atoms with E-state index in [0.29, 0.717) is 19.6 Å². The molecule has 0 radical (unpaired) electrons. The second-order valence-electron chi connectivity index (χ2n) is 18.2. The first-order valence-electron chi connectivity index (χ1n) is 25.6. The van der Waals surface area contributed by atoms with Crippen LogP contribution < -0.4 is 0 Å². The van der Waals surface area contributed by atoms with Gasteiger partial charge in [0, 0.05) is 46.3 Å². The van der Waals surface area contributed by atoms with Crippen LogP contribution in [0.3, 0.4) is 0 Å². The van der Waals surface area contributed by atoms with Crippen LogP contribution in [0.4, 0.5) is 8.78 Å². The van der Waals surface area contributed by atoms with Crippen molar-refractivity contribution in [1.29, 1.82) is 0 Å². The highest BCUT2D eigenvalue weighted by atomic mass is 19.3. The Bertz CT molecular complexity index is 2060. The summed E-state index contributed by atoms with van der Waals surface area (Å²) in [5.74, 6) is -5.77. The van der Waals surface area contributed by atoms with Gasteiger partial charge in [-0.1, -0.05) is 149 Å². The summed E-state index contributed by atoms with van der Waals surface area (Å²) in [5.41, 5.74) is 3.91. The zero-order valence-corrected chi connectivity index (χ0v) is 44.4. The van der Waals surface area contributed by atoms with Crippen molar-refractivity contribution >= 4 is 11.9 Å². The van der Waals surface area contributed by atoms with Crippen LogP contribution >= 0.6 is 0 Å². The lowest BCUT2D eigenvalue weighted by molar-refractivity contribution is -0.282. The van der Waals surface area contributed by atoms with Crippen molar-refractivity contribution in [2.45, 2.75) is 148 Å². The number of carbonyl (C=O) groups excluding carboxylic acids is 2. The molecule has 404 valence electrons. The molecule has 3 aliphatic rings. The number of hydroxylamine groups is 2. The van der Waals surface area contributed by atoms with E-state index in [9.17, 15) is 9.59 Å². The molecule has 10 atom stereocenters. The molecule has 13 nitrogen and oxygen atoms in total. The SMILES string of the molecule is C1CCOC1.CCOC(=O)C(F)(F)[C@@H]1O[C@H](CC)[C@H](C)[C@H](OCc2ccccc2)[C@H]1OCc1ccccc1.CC[C@H]1O[C@@H](CC(=O)N(C)OC)[C@H](OCc2ccccc2)[C@@H](OCc2ccccc2)[C@H]1C.COC. The van der Waals surface area contributed by atoms with Gasteiger partial charge >= 0.3 is 11.9 Å². The Kier molecular flexibility index (Phi) is 27.8. The average Bonchev–Trinajstić information content (AvgIpc) is 4.02. The van der Waals surface area contributed by atoms with Gasteiger partial charge in [0.1, 0.15) is 12.2 Å². The molecule has 0 saturated carbocycles. The molecule has 0 unspecified atom stereocenters. The third kappa shape index (κ3) is 19.5. The molecule has 0 N–H and O–H groups in total. The Hall–Kier alpha value is -4.68. The van der Waals surface area contributed by atoms with E-state index < -0.39 is 42.4 Å². The standard InChI is InChI=1S/C26H32F2O5.C26H35NO5.C4H8O.C2H6O/c1-4-21-18(3)22(31-16-19-12-8-6-9-13-19)23(32-17-20-14-10-7-11-15-20)24(33-21)26(27,28)25(29)30-5-2;1-5-22-19(2)25(30-17-20-12-8-6-9-13-20)26(31-18-21-14-10-7-11-15-21)23(32-22)16-24(28)27(3)29-4;1-2-4-5-3-1;1-3-2/h6-15,18,21-24H,4-5,16-17H2,1-3H3;6-15,19,22-23,25-26H,5,16-18H2,1-4H3;1-4H2;1-2H3/t18-,21+,22-,23+,24+;19-,22+,23-,25-,26-;;/m00../s1. The summed E-state index contributed by atoms with van der Waals surface area (Å²) in [6.45, 7) is 12.6. The van der Waals surface area contributed by atoms with Gasteiger partial charge in [-0.15, -0.1) is 0 Å². The van der Waals surface area contributed by atoms with Crippen molar-refractivity contribution < 1.29 is 65.8 Å². The Labute approximate surface area is 433 Å². The highest BCUT2D eigenvalue weighted by Gasteiger charge is 2.60. The molecule has 73 heavy (non-hydrogen) atoms. The monoisotopic (exact) mass is 1020 g/mol. The summed E-state index contributed by atoms with van der Waals surface area (Å²) in [4.78, 5) is 29.9. The first-order valence-corrected chi connectivity index (χ1v) is 25.6. The number of amides is 1. The smallest absolute Gasteiger partial charge is 0.379 e. The zero-order valence-electron chi connectivity index (χ0n) is 44.4. The molecule has 0 aromatic heterocycles. The molecule has 3 aliphatic heterocycles. The second-order valence-corrected chi connectivity index (χ2v) is 18.2. The number of alkyl halides is 2. The molecule has 4 aromatic rings. The van der Waals surface area contributed by atoms with Crippen LogP contribution in [0.25, 0.3) is 0 Å². The molecule has 4 aromatic carbocycles. The Morgan fingerprint density at radius 1 is 0.575 bits per heavy atom. The number of hydrogen-bond donors (Lipinski definition) is 0. The van der Waals surface area contributed by atoms with Crippen molar-refractivity contribution in [1.82, 2.24) is 5.06 Å². The van der Waals surface area contributed by atoms with Crippen LogP contribution in [-0.2, 0) is 83.5 Å². The van der Waals surface area contributed by atoms with Gasteiger partial charge in [-0.05, 0) is 54.9 Å². The van der Waals surface area contributed by atoms with E-state index >= 15 is 8.78 Å². The number of benzene rings is 4. The number of carbonyl (C=O) groups is 2. The van der Waals surface area contributed by atoms with Crippen molar-refractivity contribution in [3.63, 3.8) is 0 Å². The molecular weight excluding hydrogens is 941 g/mol. The van der Waals surface area contributed by atoms with Crippen LogP contribution in [-0.4, -0.2) is 120 Å². The van der Waals surface area contributed by atoms with Gasteiger partial charge in [0.15, 0.2) is 6.10 Å². The highest BCUT2D eigenvalue weighted by Crippen LogP contribution is 2.40. The summed E-state index contributed by atoms with van der Waals surface area (Å²) < 4.78 is 81.7. The van der Waals surface area contributed by atoms with Crippen molar-refractivity contribution in [3.05, 3.63) is 144 Å². The van der Waals surface area contributed by atoms with Gasteiger partial charge in [-0.2, -0.15) is 8.78 Å². The summed E-state index contributed by atoms with van der Waals surface area (Å²) in [6, 6.07) is 38.9. The average molecular weight is 1020 g/mol. The molecular formula is C58H81F2NO12. The van der Waals surface area contributed by atoms with Crippen LogP contribution in [0.15, 0.2) is 121 Å². The lowest BCUT2D eigenvalue weighted by Gasteiger charge is -2.46. The molecule has 3 fully saturated rings. The van der Waals surface area contributed by atoms with E-state index in [1.807, 2.05) is 123 Å². The van der Waals surface area contributed by atoms with E-state index in [2.05, 4.69) is 35.5 Å². The molecule has 0 bridgehead atoms. The number of ether oxygens (including phenoxy) is 9. The normalized spacial score (nSPS) is 24.6. The first kappa shape index (κ1) is 60.9. The second kappa shape index (κ2) is 33.3. The van der Waals surface area contributed by atoms with E-state index in [1.165, 1.54) is 31.9 Å². The third-order valence-corrected chi connectivity index (χ3v) is 12.9. The fourth-order valence-corrected chi connectivity index (χ4v) is 8.81. The molecule has 3 saturated heterocycles. The van der Waals surface area contributed by atoms with E-state index in [4.69, 9.17) is 38.0 Å². The van der Waals surface area contributed by atoms with Gasteiger partial charge in [-0.25, -0.2) is 9.86 Å². The van der Waals surface area contributed by atoms with Crippen LogP contribution in [0.5, 0.6) is 0 Å². The van der Waals surface area contributed by atoms with Gasteiger partial charge in [0.2, 0.25) is 5.91 Å². The summed E-state index contributed by atoms with van der Waals surface area (Å²) >= 11 is 0. The Morgan fingerprint density at radius 3 is 1.30 bits per heavy atom. The Morgan fingerprint density at radius 2 is 0.945 bits per heavy atom. The van der Waals surface area contributed by atoms with Crippen molar-refractivity contribution in [3.8, 4) is 0 Å². The fourth-order valence-electron chi connectivity index (χ4n) is 8.81. The molecule has 0 spiro atoms. The maximum Gasteiger partial charge on any atom is 0.379 e. The van der Waals surface area contributed by atoms with Crippen LogP contribution in [0.2, 0.25) is 0 Å². The number of hydrogen-bond acceptors (Lipinski definition) is 12. The number of esters is 1. The molecule has 0 aliphatic carbocycles. The van der Waals surface area contributed by atoms with Crippen molar-refractivity contribution in [2.75, 3.05) is 48.2 Å². The predicted octanol–water partition coefficient (Wildman–Crippen LogP) is 10.6. The van der Waals surface area contributed by atoms with Gasteiger partial charge in [0.05, 0.1) is 77.1 Å². The quantitative estimate of drug-likeness (QED) is 0.0617. The molecule has 15 heteroatoms. The van der Waals surface area contributed by atoms with Gasteiger partial charge in [0.25, 0.3) is 0 Å². The maximum atomic E-state index is 15.3. The van der Waals surface area contributed by atoms with Crippen LogP contribution in [0.1, 0.15) is 89.0 Å². The number of rotatable bonds is 20. The lowest BCUT2D eigenvalue weighted by Crippen LogP contribution is -2.63. The highest BCUT2D eigenvalue weighted by molar-refractivity contribution is 5.78. The third-order valence-electron chi connectivity index (χ3n) is 12.9. The van der Waals surface area contributed by atoms with E-state index in [-0.39, 0.29) is 62.3 Å². The summed E-state index contributed by atoms with van der Waals surface area (Å²) in [6.07, 6.45) is -1.22. The first-order chi connectivity index (χ1) is 35.3. The fraction of sp³-hybridized carbons (Fsp3) is 0.552. The number of halogens is 2. The van der Waals surface area contributed by atoms with E-state index in [0.717, 1.165) is 41.9 Å². The minimum atomic E-state index is -3.89. The lowest BCUT2D eigenvalue weighted by atomic mass is 9.84. The number of methoxy groups -OCH3 is 1. The van der Waals surface area contributed by atoms with E-state index in [1.54, 1.807) is 21.3 Å². The predicted molar refractivity (Wildman–Crippen MR) is 275 cm³/mol. The van der Waals surface area contributed by atoms with Crippen molar-refractivity contribution in [2.24, 2.45) is 11.8 Å².